The van der Waals surface area contributed by atoms with Crippen molar-refractivity contribution in [3.63, 3.8) is 0 Å². The van der Waals surface area contributed by atoms with Crippen molar-refractivity contribution in [2.24, 2.45) is 0 Å². The van der Waals surface area contributed by atoms with Crippen LogP contribution in [0.15, 0.2) is 30.3 Å². The molecule has 0 spiro atoms. The number of hydrogen-bond donors (Lipinski definition) is 2. The lowest BCUT2D eigenvalue weighted by Crippen LogP contribution is -2.50. The van der Waals surface area contributed by atoms with E-state index in [2.05, 4.69) is 27.7 Å². The van der Waals surface area contributed by atoms with Gasteiger partial charge in [0.25, 0.3) is 0 Å². The van der Waals surface area contributed by atoms with E-state index >= 15 is 0 Å². The number of hydrogen-bond acceptors (Lipinski definition) is 5. The van der Waals surface area contributed by atoms with Crippen LogP contribution < -0.4 is 10.6 Å². The lowest BCUT2D eigenvalue weighted by atomic mass is 10.2. The third kappa shape index (κ3) is 8.97. The number of thioether (sulfide) groups is 1. The van der Waals surface area contributed by atoms with Gasteiger partial charge in [-0.3, -0.25) is 4.79 Å². The lowest BCUT2D eigenvalue weighted by Gasteiger charge is -2.23. The Balaban J connectivity index is 1.84. The molecule has 2 N–H and O–H groups in total. The number of carbonyl (C=O) groups excluding carboxylic acids is 2. The zero-order valence-electron chi connectivity index (χ0n) is 17.2. The average molecular weight is 408 g/mol. The van der Waals surface area contributed by atoms with Gasteiger partial charge in [0.05, 0.1) is 0 Å². The van der Waals surface area contributed by atoms with Gasteiger partial charge in [0.2, 0.25) is 5.91 Å². The van der Waals surface area contributed by atoms with E-state index in [9.17, 15) is 9.59 Å². The predicted molar refractivity (Wildman–Crippen MR) is 114 cm³/mol. The van der Waals surface area contributed by atoms with E-state index in [1.165, 1.54) is 18.4 Å². The molecular weight excluding hydrogens is 374 g/mol. The summed E-state index contributed by atoms with van der Waals surface area (Å²) < 4.78 is 5.32. The van der Waals surface area contributed by atoms with Gasteiger partial charge in [-0.1, -0.05) is 30.3 Å². The van der Waals surface area contributed by atoms with E-state index in [0.29, 0.717) is 12.3 Å². The quantitative estimate of drug-likeness (QED) is 0.658. The molecule has 0 aromatic heterocycles. The van der Waals surface area contributed by atoms with E-state index < -0.39 is 17.7 Å². The number of likely N-dealkylation sites (tertiary alicyclic amines) is 1. The van der Waals surface area contributed by atoms with Crippen LogP contribution in [0.5, 0.6) is 0 Å². The van der Waals surface area contributed by atoms with Gasteiger partial charge in [-0.05, 0) is 52.3 Å². The Hall–Kier alpha value is -1.73. The highest BCUT2D eigenvalue weighted by molar-refractivity contribution is 7.98. The normalized spacial score (nSPS) is 15.8. The Morgan fingerprint density at radius 3 is 2.50 bits per heavy atom. The summed E-state index contributed by atoms with van der Waals surface area (Å²) in [6.07, 6.45) is 1.90. The van der Waals surface area contributed by atoms with E-state index in [4.69, 9.17) is 4.74 Å². The maximum atomic E-state index is 12.6. The molecule has 0 aliphatic carbocycles. The van der Waals surface area contributed by atoms with Crippen LogP contribution in [-0.4, -0.2) is 60.5 Å². The Morgan fingerprint density at radius 1 is 1.18 bits per heavy atom. The van der Waals surface area contributed by atoms with E-state index in [1.807, 2.05) is 39.0 Å². The minimum atomic E-state index is -0.623. The lowest BCUT2D eigenvalue weighted by molar-refractivity contribution is -0.122. The molecule has 7 heteroatoms. The summed E-state index contributed by atoms with van der Waals surface area (Å²) >= 11 is 1.62. The van der Waals surface area contributed by atoms with Crippen molar-refractivity contribution in [2.45, 2.75) is 51.0 Å². The zero-order valence-corrected chi connectivity index (χ0v) is 18.0. The summed E-state index contributed by atoms with van der Waals surface area (Å²) in [4.78, 5) is 27.2. The zero-order chi connectivity index (χ0) is 20.4. The van der Waals surface area contributed by atoms with Crippen molar-refractivity contribution < 1.29 is 14.3 Å². The second kappa shape index (κ2) is 11.3. The van der Waals surface area contributed by atoms with Crippen molar-refractivity contribution in [3.05, 3.63) is 35.9 Å². The van der Waals surface area contributed by atoms with E-state index in [1.54, 1.807) is 11.8 Å². The Morgan fingerprint density at radius 2 is 1.86 bits per heavy atom. The molecule has 0 saturated carbocycles. The third-order valence-electron chi connectivity index (χ3n) is 4.33. The molecule has 2 rings (SSSR count). The van der Waals surface area contributed by atoms with Crippen molar-refractivity contribution in [1.29, 1.82) is 0 Å². The minimum absolute atomic E-state index is 0.161. The number of ether oxygens (including phenoxy) is 1. The number of carbonyl (C=O) groups is 2. The van der Waals surface area contributed by atoms with Crippen molar-refractivity contribution >= 4 is 23.8 Å². The number of alkyl carbamates (subject to hydrolysis) is 1. The monoisotopic (exact) mass is 407 g/mol. The highest BCUT2D eigenvalue weighted by Gasteiger charge is 2.24. The molecule has 0 bridgehead atoms. The van der Waals surface area contributed by atoms with Gasteiger partial charge < -0.3 is 20.3 Å². The van der Waals surface area contributed by atoms with Crippen molar-refractivity contribution in [2.75, 3.05) is 31.9 Å². The van der Waals surface area contributed by atoms with Crippen LogP contribution in [0, 0.1) is 0 Å². The first-order valence-corrected chi connectivity index (χ1v) is 11.1. The van der Waals surface area contributed by atoms with Gasteiger partial charge in [0, 0.05) is 24.6 Å². The second-order valence-corrected chi connectivity index (χ2v) is 9.07. The molecule has 0 radical (unpaired) electrons. The Bertz CT molecular complexity index is 613. The molecule has 28 heavy (non-hydrogen) atoms. The van der Waals surface area contributed by atoms with Crippen molar-refractivity contribution in [1.82, 2.24) is 15.5 Å². The summed E-state index contributed by atoms with van der Waals surface area (Å²) in [7, 11) is 0. The van der Waals surface area contributed by atoms with Crippen LogP contribution in [0.1, 0.15) is 39.2 Å². The van der Waals surface area contributed by atoms with Crippen LogP contribution in [0.4, 0.5) is 4.79 Å². The van der Waals surface area contributed by atoms with Gasteiger partial charge in [0.15, 0.2) is 0 Å². The highest BCUT2D eigenvalue weighted by Crippen LogP contribution is 2.14. The number of nitrogens with zero attached hydrogens (tertiary/aromatic N) is 1. The summed E-state index contributed by atoms with van der Waals surface area (Å²) in [5.41, 5.74) is 0.593. The average Bonchev–Trinajstić information content (AvgIpc) is 3.13. The summed E-state index contributed by atoms with van der Waals surface area (Å²) in [6, 6.07) is 9.46. The molecule has 1 aliphatic heterocycles. The van der Waals surface area contributed by atoms with Crippen LogP contribution >= 0.6 is 11.8 Å². The first kappa shape index (κ1) is 22.6. The minimum Gasteiger partial charge on any atom is -0.444 e. The fourth-order valence-corrected chi connectivity index (χ4v) is 3.98. The summed E-state index contributed by atoms with van der Waals surface area (Å²) in [5.74, 6) is 1.11. The topological polar surface area (TPSA) is 70.7 Å². The standard InChI is InChI=1S/C21H33N3O3S/c1-21(2,3)27-20(26)23-18(16-28-15-17-9-5-4-6-10-17)19(25)22-11-14-24-12-7-8-13-24/h4-6,9-10,18H,7-8,11-16H2,1-3H3,(H,22,25)(H,23,26)/t18-/m0/s1. The maximum Gasteiger partial charge on any atom is 0.408 e. The largest absolute Gasteiger partial charge is 0.444 e. The SMILES string of the molecule is CC(C)(C)OC(=O)N[C@@H](CSCc1ccccc1)C(=O)NCCN1CCCC1. The van der Waals surface area contributed by atoms with Crippen LogP contribution in [0.3, 0.4) is 0 Å². The third-order valence-corrected chi connectivity index (χ3v) is 5.44. The number of amides is 2. The molecule has 6 nitrogen and oxygen atoms in total. The molecule has 1 aliphatic rings. The fraction of sp³-hybridized carbons (Fsp3) is 0.619. The molecular formula is C21H33N3O3S. The van der Waals surface area contributed by atoms with Crippen LogP contribution in [-0.2, 0) is 15.3 Å². The number of nitrogens with one attached hydrogen (secondary N) is 2. The second-order valence-electron chi connectivity index (χ2n) is 8.04. The predicted octanol–water partition coefficient (Wildman–Crippen LogP) is 3.03. The van der Waals surface area contributed by atoms with Gasteiger partial charge in [-0.15, -0.1) is 0 Å². The van der Waals surface area contributed by atoms with Crippen LogP contribution in [0.25, 0.3) is 0 Å². The van der Waals surface area contributed by atoms with Gasteiger partial charge in [-0.25, -0.2) is 4.79 Å². The van der Waals surface area contributed by atoms with Gasteiger partial charge in [-0.2, -0.15) is 11.8 Å². The first-order chi connectivity index (χ1) is 13.3. The molecule has 1 saturated heterocycles. The number of rotatable bonds is 9. The molecule has 2 amide bonds. The number of benzene rings is 1. The Kier molecular flexibility index (Phi) is 9.12. The smallest absolute Gasteiger partial charge is 0.408 e. The molecule has 1 heterocycles. The molecule has 0 unspecified atom stereocenters. The van der Waals surface area contributed by atoms with E-state index in [-0.39, 0.29) is 5.91 Å². The molecule has 1 aromatic carbocycles. The van der Waals surface area contributed by atoms with E-state index in [0.717, 1.165) is 25.4 Å². The first-order valence-electron chi connectivity index (χ1n) is 9.95. The highest BCUT2D eigenvalue weighted by atomic mass is 32.2. The van der Waals surface area contributed by atoms with Crippen molar-refractivity contribution in [3.8, 4) is 0 Å². The molecule has 1 atom stereocenters. The van der Waals surface area contributed by atoms with Crippen LogP contribution in [0.2, 0.25) is 0 Å². The van der Waals surface area contributed by atoms with Gasteiger partial charge in [0.1, 0.15) is 11.6 Å². The maximum absolute atomic E-state index is 12.6. The Labute approximate surface area is 172 Å². The summed E-state index contributed by atoms with van der Waals surface area (Å²) in [6.45, 7) is 9.06. The molecule has 1 fully saturated rings. The molecule has 156 valence electrons. The van der Waals surface area contributed by atoms with Gasteiger partial charge >= 0.3 is 6.09 Å². The fourth-order valence-electron chi connectivity index (χ4n) is 2.97. The molecule has 1 aromatic rings. The summed E-state index contributed by atoms with van der Waals surface area (Å²) in [5, 5.41) is 5.69.